The molecule has 0 aliphatic heterocycles. The second-order valence-corrected chi connectivity index (χ2v) is 3.01. The summed E-state index contributed by atoms with van der Waals surface area (Å²) in [5.74, 6) is 1.16. The Hall–Kier alpha value is -0.670. The Labute approximate surface area is 81.9 Å². The van der Waals surface area contributed by atoms with Gasteiger partial charge in [-0.2, -0.15) is 12.6 Å². The minimum Gasteiger partial charge on any atom is -0.383 e. The third-order valence-corrected chi connectivity index (χ3v) is 1.74. The van der Waals surface area contributed by atoms with E-state index in [4.69, 9.17) is 17.3 Å². The monoisotopic (exact) mass is 200 g/mol. The van der Waals surface area contributed by atoms with Gasteiger partial charge in [-0.1, -0.05) is 23.8 Å². The Kier molecular flexibility index (Phi) is 3.44. The zero-order chi connectivity index (χ0) is 8.97. The third kappa shape index (κ3) is 2.43. The number of anilines is 1. The number of nitrogens with two attached hydrogens (primary N) is 1. The summed E-state index contributed by atoms with van der Waals surface area (Å²) in [6.07, 6.45) is 5.25. The van der Waals surface area contributed by atoms with Crippen LogP contribution in [0.1, 0.15) is 5.56 Å². The van der Waals surface area contributed by atoms with Crippen LogP contribution in [0.5, 0.6) is 0 Å². The standard InChI is InChI=1S/C8H9ClN2S/c9-7-4-6(2-1-3-12)8(10)11-5-7/h1-2,4-5,12H,3H2,(H2,10,11). The van der Waals surface area contributed by atoms with Crippen LogP contribution < -0.4 is 5.73 Å². The van der Waals surface area contributed by atoms with Crippen molar-refractivity contribution in [2.45, 2.75) is 0 Å². The van der Waals surface area contributed by atoms with Crippen LogP contribution in [0.4, 0.5) is 5.82 Å². The van der Waals surface area contributed by atoms with Crippen molar-refractivity contribution in [2.24, 2.45) is 0 Å². The number of hydrogen-bond donors (Lipinski definition) is 2. The second-order valence-electron chi connectivity index (χ2n) is 2.21. The quantitative estimate of drug-likeness (QED) is 0.719. The molecule has 0 amide bonds. The molecule has 0 fully saturated rings. The van der Waals surface area contributed by atoms with E-state index in [0.717, 1.165) is 5.56 Å². The van der Waals surface area contributed by atoms with E-state index in [1.165, 1.54) is 6.20 Å². The smallest absolute Gasteiger partial charge is 0.130 e. The summed E-state index contributed by atoms with van der Waals surface area (Å²) in [6.45, 7) is 0. The molecular formula is C8H9ClN2S. The summed E-state index contributed by atoms with van der Waals surface area (Å²) in [4.78, 5) is 3.90. The average Bonchev–Trinajstić information content (AvgIpc) is 2.07. The molecule has 4 heteroatoms. The van der Waals surface area contributed by atoms with E-state index in [-0.39, 0.29) is 0 Å². The molecule has 64 valence electrons. The van der Waals surface area contributed by atoms with E-state index < -0.39 is 0 Å². The molecule has 0 bridgehead atoms. The Bertz CT molecular complexity index is 299. The number of pyridine rings is 1. The van der Waals surface area contributed by atoms with Gasteiger partial charge < -0.3 is 5.73 Å². The molecule has 0 aliphatic carbocycles. The van der Waals surface area contributed by atoms with Crippen LogP contribution in [-0.4, -0.2) is 10.7 Å². The fraction of sp³-hybridized carbons (Fsp3) is 0.125. The van der Waals surface area contributed by atoms with Crippen molar-refractivity contribution in [3.05, 3.63) is 28.9 Å². The van der Waals surface area contributed by atoms with Crippen LogP contribution in [-0.2, 0) is 0 Å². The predicted molar refractivity (Wildman–Crippen MR) is 56.5 cm³/mol. The minimum absolute atomic E-state index is 0.484. The van der Waals surface area contributed by atoms with Crippen LogP contribution in [0.25, 0.3) is 6.08 Å². The summed E-state index contributed by atoms with van der Waals surface area (Å²) < 4.78 is 0. The molecule has 0 aliphatic rings. The molecule has 0 atom stereocenters. The minimum atomic E-state index is 0.484. The highest BCUT2D eigenvalue weighted by Gasteiger charge is 1.96. The molecule has 1 aromatic rings. The molecule has 0 radical (unpaired) electrons. The van der Waals surface area contributed by atoms with Gasteiger partial charge in [0.05, 0.1) is 5.02 Å². The Morgan fingerprint density at radius 2 is 2.42 bits per heavy atom. The van der Waals surface area contributed by atoms with Crippen LogP contribution in [0.15, 0.2) is 18.3 Å². The van der Waals surface area contributed by atoms with Gasteiger partial charge in [0.1, 0.15) is 5.82 Å². The number of aromatic nitrogens is 1. The van der Waals surface area contributed by atoms with Gasteiger partial charge in [0.15, 0.2) is 0 Å². The number of hydrogen-bond acceptors (Lipinski definition) is 3. The van der Waals surface area contributed by atoms with E-state index in [9.17, 15) is 0 Å². The molecule has 0 saturated carbocycles. The summed E-state index contributed by atoms with van der Waals surface area (Å²) in [5, 5.41) is 0.586. The van der Waals surface area contributed by atoms with Crippen molar-refractivity contribution in [1.29, 1.82) is 0 Å². The van der Waals surface area contributed by atoms with Gasteiger partial charge in [-0.25, -0.2) is 4.98 Å². The molecule has 1 aromatic heterocycles. The normalized spacial score (nSPS) is 10.8. The van der Waals surface area contributed by atoms with Gasteiger partial charge in [0.2, 0.25) is 0 Å². The van der Waals surface area contributed by atoms with Gasteiger partial charge in [0, 0.05) is 17.5 Å². The van der Waals surface area contributed by atoms with Gasteiger partial charge in [0.25, 0.3) is 0 Å². The van der Waals surface area contributed by atoms with Crippen molar-refractivity contribution in [2.75, 3.05) is 11.5 Å². The van der Waals surface area contributed by atoms with E-state index in [1.54, 1.807) is 6.07 Å². The largest absolute Gasteiger partial charge is 0.383 e. The number of rotatable bonds is 2. The lowest BCUT2D eigenvalue weighted by Gasteiger charge is -1.98. The highest BCUT2D eigenvalue weighted by molar-refractivity contribution is 7.80. The van der Waals surface area contributed by atoms with Crippen molar-refractivity contribution in [1.82, 2.24) is 4.98 Å². The van der Waals surface area contributed by atoms with Crippen molar-refractivity contribution >= 4 is 36.1 Å². The highest BCUT2D eigenvalue weighted by atomic mass is 35.5. The molecule has 12 heavy (non-hydrogen) atoms. The van der Waals surface area contributed by atoms with Gasteiger partial charge in [-0.05, 0) is 6.07 Å². The third-order valence-electron chi connectivity index (χ3n) is 1.32. The molecule has 2 nitrogen and oxygen atoms in total. The lowest BCUT2D eigenvalue weighted by atomic mass is 10.2. The van der Waals surface area contributed by atoms with Crippen LogP contribution in [0, 0.1) is 0 Å². The molecule has 0 unspecified atom stereocenters. The number of nitrogen functional groups attached to an aromatic ring is 1. The SMILES string of the molecule is Nc1ncc(Cl)cc1C=CCS. The maximum Gasteiger partial charge on any atom is 0.130 e. The lowest BCUT2D eigenvalue weighted by molar-refractivity contribution is 1.32. The first-order valence-electron chi connectivity index (χ1n) is 3.42. The molecule has 0 saturated heterocycles. The first-order chi connectivity index (χ1) is 5.74. The van der Waals surface area contributed by atoms with E-state index in [1.807, 2.05) is 12.2 Å². The zero-order valence-corrected chi connectivity index (χ0v) is 8.02. The van der Waals surface area contributed by atoms with Gasteiger partial charge >= 0.3 is 0 Å². The summed E-state index contributed by atoms with van der Waals surface area (Å²) in [6, 6.07) is 1.77. The van der Waals surface area contributed by atoms with Crippen molar-refractivity contribution in [3.8, 4) is 0 Å². The van der Waals surface area contributed by atoms with Crippen molar-refractivity contribution in [3.63, 3.8) is 0 Å². The molecule has 2 N–H and O–H groups in total. The molecule has 1 heterocycles. The average molecular weight is 201 g/mol. The fourth-order valence-electron chi connectivity index (χ4n) is 0.779. The Morgan fingerprint density at radius 3 is 3.08 bits per heavy atom. The van der Waals surface area contributed by atoms with E-state index >= 15 is 0 Å². The second kappa shape index (κ2) is 4.38. The van der Waals surface area contributed by atoms with Crippen LogP contribution in [0.2, 0.25) is 5.02 Å². The Balaban J connectivity index is 2.97. The first kappa shape index (κ1) is 9.42. The van der Waals surface area contributed by atoms with Crippen LogP contribution in [0.3, 0.4) is 0 Å². The van der Waals surface area contributed by atoms with E-state index in [0.29, 0.717) is 16.6 Å². The first-order valence-corrected chi connectivity index (χ1v) is 4.43. The summed E-state index contributed by atoms with van der Waals surface area (Å²) in [5.41, 5.74) is 6.41. The molecule has 0 spiro atoms. The molecule has 0 aromatic carbocycles. The Morgan fingerprint density at radius 1 is 1.67 bits per heavy atom. The molecule has 1 rings (SSSR count). The number of nitrogens with zero attached hydrogens (tertiary/aromatic N) is 1. The van der Waals surface area contributed by atoms with Crippen molar-refractivity contribution < 1.29 is 0 Å². The zero-order valence-electron chi connectivity index (χ0n) is 6.37. The van der Waals surface area contributed by atoms with Gasteiger partial charge in [-0.15, -0.1) is 0 Å². The topological polar surface area (TPSA) is 38.9 Å². The van der Waals surface area contributed by atoms with Gasteiger partial charge in [-0.3, -0.25) is 0 Å². The summed E-state index contributed by atoms with van der Waals surface area (Å²) >= 11 is 9.75. The van der Waals surface area contributed by atoms with E-state index in [2.05, 4.69) is 17.6 Å². The number of halogens is 1. The summed E-state index contributed by atoms with van der Waals surface area (Å²) in [7, 11) is 0. The molecular weight excluding hydrogens is 192 g/mol. The fourth-order valence-corrected chi connectivity index (χ4v) is 1.05. The highest BCUT2D eigenvalue weighted by Crippen LogP contribution is 2.15. The van der Waals surface area contributed by atoms with Crippen LogP contribution >= 0.6 is 24.2 Å². The number of thiol groups is 1. The lowest BCUT2D eigenvalue weighted by Crippen LogP contribution is -1.92. The predicted octanol–water partition coefficient (Wildman–Crippen LogP) is 2.26. The maximum absolute atomic E-state index is 5.72. The maximum atomic E-state index is 5.72.